The zero-order chi connectivity index (χ0) is 16.4. The summed E-state index contributed by atoms with van der Waals surface area (Å²) in [7, 11) is 0. The van der Waals surface area contributed by atoms with Gasteiger partial charge < -0.3 is 10.0 Å². The van der Waals surface area contributed by atoms with Crippen molar-refractivity contribution in [1.82, 2.24) is 14.3 Å². The van der Waals surface area contributed by atoms with Crippen molar-refractivity contribution in [1.29, 1.82) is 0 Å². The maximum absolute atomic E-state index is 13.2. The van der Waals surface area contributed by atoms with Gasteiger partial charge in [-0.25, -0.2) is 4.98 Å². The quantitative estimate of drug-likeness (QED) is 0.934. The minimum atomic E-state index is 0.00909. The van der Waals surface area contributed by atoms with Crippen LogP contribution in [-0.2, 0) is 6.42 Å². The molecule has 0 saturated carbocycles. The smallest absolute Gasteiger partial charge is 0.273 e. The second-order valence-electron chi connectivity index (χ2n) is 5.99. The fraction of sp³-hybridized carbons (Fsp3) is 0.529. The number of aryl methyl sites for hydroxylation is 1. The van der Waals surface area contributed by atoms with E-state index in [1.165, 1.54) is 0 Å². The van der Waals surface area contributed by atoms with Crippen LogP contribution in [0, 0.1) is 0 Å². The van der Waals surface area contributed by atoms with E-state index in [9.17, 15) is 9.90 Å². The number of carbonyl (C=O) groups is 1. The van der Waals surface area contributed by atoms with Gasteiger partial charge in [0.15, 0.2) is 0 Å². The standard InChI is InChI=1S/C17H22ClN3O2/c1-2-14-16(21-9-6-12(18)11-15(21)19-14)17(23)20-8-4-3-5-13(20)7-10-22/h6,9,11,13,22H,2-5,7-8,10H2,1H3. The Morgan fingerprint density at radius 2 is 2.30 bits per heavy atom. The minimum Gasteiger partial charge on any atom is -0.396 e. The minimum absolute atomic E-state index is 0.00909. The number of nitrogens with zero attached hydrogens (tertiary/aromatic N) is 3. The van der Waals surface area contributed by atoms with E-state index in [1.54, 1.807) is 12.1 Å². The Kier molecular flexibility index (Phi) is 4.87. The first kappa shape index (κ1) is 16.3. The van der Waals surface area contributed by atoms with Crippen LogP contribution in [0.5, 0.6) is 0 Å². The lowest BCUT2D eigenvalue weighted by atomic mass is 9.99. The molecule has 1 amide bonds. The Bertz CT molecular complexity index is 711. The van der Waals surface area contributed by atoms with Gasteiger partial charge in [0.2, 0.25) is 0 Å². The summed E-state index contributed by atoms with van der Waals surface area (Å²) in [4.78, 5) is 19.6. The molecule has 1 N–H and O–H groups in total. The van der Waals surface area contributed by atoms with Crippen molar-refractivity contribution in [2.24, 2.45) is 0 Å². The number of hydrogen-bond donors (Lipinski definition) is 1. The summed E-state index contributed by atoms with van der Waals surface area (Å²) in [6.07, 6.45) is 6.21. The van der Waals surface area contributed by atoms with Gasteiger partial charge in [-0.15, -0.1) is 0 Å². The number of carbonyl (C=O) groups excluding carboxylic acids is 1. The van der Waals surface area contributed by atoms with Gasteiger partial charge >= 0.3 is 0 Å². The summed E-state index contributed by atoms with van der Waals surface area (Å²) in [5.41, 5.74) is 2.13. The highest BCUT2D eigenvalue weighted by Crippen LogP contribution is 2.25. The van der Waals surface area contributed by atoms with Crippen LogP contribution in [0.4, 0.5) is 0 Å². The number of halogens is 1. The van der Waals surface area contributed by atoms with Crippen LogP contribution < -0.4 is 0 Å². The van der Waals surface area contributed by atoms with Crippen LogP contribution in [0.25, 0.3) is 5.65 Å². The summed E-state index contributed by atoms with van der Waals surface area (Å²) < 4.78 is 1.83. The molecule has 0 radical (unpaired) electrons. The molecule has 1 unspecified atom stereocenters. The molecule has 0 aromatic carbocycles. The summed E-state index contributed by atoms with van der Waals surface area (Å²) in [5, 5.41) is 9.89. The van der Waals surface area contributed by atoms with Gasteiger partial charge in [-0.1, -0.05) is 18.5 Å². The number of aliphatic hydroxyl groups excluding tert-OH is 1. The lowest BCUT2D eigenvalue weighted by Crippen LogP contribution is -2.44. The molecule has 2 aromatic rings. The van der Waals surface area contributed by atoms with Crippen molar-refractivity contribution in [3.63, 3.8) is 0 Å². The highest BCUT2D eigenvalue weighted by atomic mass is 35.5. The van der Waals surface area contributed by atoms with E-state index in [1.807, 2.05) is 22.4 Å². The lowest BCUT2D eigenvalue weighted by molar-refractivity contribution is 0.0566. The van der Waals surface area contributed by atoms with Crippen LogP contribution in [0.3, 0.4) is 0 Å². The summed E-state index contributed by atoms with van der Waals surface area (Å²) in [6.45, 7) is 2.85. The Balaban J connectivity index is 2.02. The zero-order valence-electron chi connectivity index (χ0n) is 13.3. The first-order chi connectivity index (χ1) is 11.2. The summed E-state index contributed by atoms with van der Waals surface area (Å²) >= 11 is 6.04. The van der Waals surface area contributed by atoms with Crippen molar-refractivity contribution < 1.29 is 9.90 Å². The Morgan fingerprint density at radius 1 is 1.48 bits per heavy atom. The molecular weight excluding hydrogens is 314 g/mol. The third-order valence-electron chi connectivity index (χ3n) is 4.55. The second-order valence-corrected chi connectivity index (χ2v) is 6.43. The average Bonchev–Trinajstić information content (AvgIpc) is 2.92. The highest BCUT2D eigenvalue weighted by molar-refractivity contribution is 6.30. The first-order valence-electron chi connectivity index (χ1n) is 8.24. The fourth-order valence-corrected chi connectivity index (χ4v) is 3.55. The van der Waals surface area contributed by atoms with Gasteiger partial charge in [0.25, 0.3) is 5.91 Å². The van der Waals surface area contributed by atoms with Gasteiger partial charge in [-0.2, -0.15) is 0 Å². The molecule has 1 fully saturated rings. The number of amides is 1. The number of piperidine rings is 1. The molecule has 124 valence electrons. The fourth-order valence-electron chi connectivity index (χ4n) is 3.39. The highest BCUT2D eigenvalue weighted by Gasteiger charge is 2.30. The number of aromatic nitrogens is 2. The molecule has 1 atom stereocenters. The molecule has 1 saturated heterocycles. The average molecular weight is 336 g/mol. The topological polar surface area (TPSA) is 57.8 Å². The van der Waals surface area contributed by atoms with E-state index in [2.05, 4.69) is 4.98 Å². The van der Waals surface area contributed by atoms with Crippen molar-refractivity contribution in [2.75, 3.05) is 13.2 Å². The predicted molar refractivity (Wildman–Crippen MR) is 90.0 cm³/mol. The Morgan fingerprint density at radius 3 is 3.04 bits per heavy atom. The lowest BCUT2D eigenvalue weighted by Gasteiger charge is -2.35. The monoisotopic (exact) mass is 335 g/mol. The molecule has 0 bridgehead atoms. The molecule has 23 heavy (non-hydrogen) atoms. The maximum Gasteiger partial charge on any atom is 0.273 e. The van der Waals surface area contributed by atoms with Crippen molar-refractivity contribution >= 4 is 23.2 Å². The number of imidazole rings is 1. The van der Waals surface area contributed by atoms with E-state index < -0.39 is 0 Å². The molecular formula is C17H22ClN3O2. The maximum atomic E-state index is 13.2. The predicted octanol–water partition coefficient (Wildman–Crippen LogP) is 2.93. The summed E-state index contributed by atoms with van der Waals surface area (Å²) in [5.74, 6) is 0.00909. The number of fused-ring (bicyclic) bond motifs is 1. The van der Waals surface area contributed by atoms with Crippen LogP contribution in [0.1, 0.15) is 48.8 Å². The first-order valence-corrected chi connectivity index (χ1v) is 8.61. The van der Waals surface area contributed by atoms with Gasteiger partial charge in [0, 0.05) is 36.5 Å². The molecule has 3 heterocycles. The molecule has 0 aliphatic carbocycles. The van der Waals surface area contributed by atoms with Crippen LogP contribution in [0.15, 0.2) is 18.3 Å². The molecule has 2 aromatic heterocycles. The van der Waals surface area contributed by atoms with Gasteiger partial charge in [-0.3, -0.25) is 9.20 Å². The molecule has 1 aliphatic heterocycles. The molecule has 5 nitrogen and oxygen atoms in total. The Hall–Kier alpha value is -1.59. The van der Waals surface area contributed by atoms with Crippen molar-refractivity contribution in [3.8, 4) is 0 Å². The van der Waals surface area contributed by atoms with E-state index in [-0.39, 0.29) is 18.6 Å². The van der Waals surface area contributed by atoms with Gasteiger partial charge in [0.1, 0.15) is 11.3 Å². The van der Waals surface area contributed by atoms with E-state index in [0.717, 1.165) is 31.5 Å². The molecule has 0 spiro atoms. The van der Waals surface area contributed by atoms with Gasteiger partial charge in [0.05, 0.1) is 5.69 Å². The zero-order valence-corrected chi connectivity index (χ0v) is 14.1. The number of rotatable bonds is 4. The number of likely N-dealkylation sites (tertiary alicyclic amines) is 1. The number of hydrogen-bond acceptors (Lipinski definition) is 3. The number of pyridine rings is 1. The van der Waals surface area contributed by atoms with Crippen LogP contribution in [-0.4, -0.2) is 44.5 Å². The second kappa shape index (κ2) is 6.89. The third-order valence-corrected chi connectivity index (χ3v) is 4.78. The van der Waals surface area contributed by atoms with Gasteiger partial charge in [-0.05, 0) is 38.2 Å². The van der Waals surface area contributed by atoms with E-state index in [0.29, 0.717) is 29.2 Å². The van der Waals surface area contributed by atoms with Crippen molar-refractivity contribution in [2.45, 2.75) is 45.1 Å². The molecule has 3 rings (SSSR count). The molecule has 6 heteroatoms. The normalized spacial score (nSPS) is 18.6. The van der Waals surface area contributed by atoms with E-state index in [4.69, 9.17) is 11.6 Å². The Labute approximate surface area is 140 Å². The largest absolute Gasteiger partial charge is 0.396 e. The number of aliphatic hydroxyl groups is 1. The SMILES string of the molecule is CCc1nc2cc(Cl)ccn2c1C(=O)N1CCCCC1CCO. The summed E-state index contributed by atoms with van der Waals surface area (Å²) in [6, 6.07) is 3.66. The third kappa shape index (κ3) is 3.08. The van der Waals surface area contributed by atoms with E-state index >= 15 is 0 Å². The molecule has 1 aliphatic rings. The van der Waals surface area contributed by atoms with Crippen LogP contribution >= 0.6 is 11.6 Å². The van der Waals surface area contributed by atoms with Crippen molar-refractivity contribution in [3.05, 3.63) is 34.7 Å². The van der Waals surface area contributed by atoms with Crippen LogP contribution in [0.2, 0.25) is 5.02 Å².